The van der Waals surface area contributed by atoms with E-state index in [1.54, 1.807) is 24.3 Å². The van der Waals surface area contributed by atoms with Crippen LogP contribution in [-0.4, -0.2) is 16.6 Å². The summed E-state index contributed by atoms with van der Waals surface area (Å²) in [5, 5.41) is 8.80. The van der Waals surface area contributed by atoms with Crippen molar-refractivity contribution in [2.45, 2.75) is 11.8 Å². The highest BCUT2D eigenvalue weighted by Gasteiger charge is 2.06. The molecule has 0 radical (unpaired) electrons. The summed E-state index contributed by atoms with van der Waals surface area (Å²) in [6.07, 6.45) is 0. The van der Waals surface area contributed by atoms with Crippen LogP contribution in [0.15, 0.2) is 53.4 Å². The maximum absolute atomic E-state index is 12.2. The first-order valence-electron chi connectivity index (χ1n) is 6.27. The zero-order chi connectivity index (χ0) is 14.4. The molecule has 4 heteroatoms. The van der Waals surface area contributed by atoms with Crippen molar-refractivity contribution in [2.75, 3.05) is 12.4 Å². The molecule has 2 aromatic rings. The van der Waals surface area contributed by atoms with E-state index in [0.29, 0.717) is 23.7 Å². The zero-order valence-corrected chi connectivity index (χ0v) is 12.0. The molecule has 0 bridgehead atoms. The summed E-state index contributed by atoms with van der Waals surface area (Å²) in [5.41, 5.74) is 1.58. The molecule has 0 aliphatic carbocycles. The van der Waals surface area contributed by atoms with E-state index in [2.05, 4.69) is 6.07 Å². The van der Waals surface area contributed by atoms with Crippen molar-refractivity contribution in [2.24, 2.45) is 0 Å². The van der Waals surface area contributed by atoms with Crippen molar-refractivity contribution in [3.05, 3.63) is 59.7 Å². The number of aryl methyl sites for hydroxylation is 1. The number of nitriles is 1. The van der Waals surface area contributed by atoms with Crippen molar-refractivity contribution in [1.82, 2.24) is 0 Å². The van der Waals surface area contributed by atoms with E-state index in [9.17, 15) is 4.21 Å². The molecule has 2 rings (SSSR count). The van der Waals surface area contributed by atoms with Gasteiger partial charge in [-0.3, -0.25) is 4.21 Å². The van der Waals surface area contributed by atoms with Crippen LogP contribution in [0.4, 0.5) is 0 Å². The van der Waals surface area contributed by atoms with Crippen LogP contribution in [0.1, 0.15) is 11.1 Å². The first-order chi connectivity index (χ1) is 9.70. The van der Waals surface area contributed by atoms with E-state index in [4.69, 9.17) is 10.00 Å². The Morgan fingerprint density at radius 3 is 2.75 bits per heavy atom. The smallest absolute Gasteiger partial charge is 0.120 e. The highest BCUT2D eigenvalue weighted by molar-refractivity contribution is 7.85. The van der Waals surface area contributed by atoms with Gasteiger partial charge in [-0.05, 0) is 36.8 Å². The van der Waals surface area contributed by atoms with Gasteiger partial charge in [-0.1, -0.05) is 24.3 Å². The SMILES string of the molecule is Cc1ccccc1S(=O)CCOc1cccc(C#N)c1. The summed E-state index contributed by atoms with van der Waals surface area (Å²) in [6.45, 7) is 2.31. The van der Waals surface area contributed by atoms with Crippen LogP contribution in [-0.2, 0) is 10.8 Å². The summed E-state index contributed by atoms with van der Waals surface area (Å²) in [5.74, 6) is 1.06. The van der Waals surface area contributed by atoms with E-state index < -0.39 is 10.8 Å². The second-order valence-corrected chi connectivity index (χ2v) is 5.84. The third-order valence-corrected chi connectivity index (χ3v) is 4.33. The minimum absolute atomic E-state index is 0.357. The van der Waals surface area contributed by atoms with Crippen LogP contribution >= 0.6 is 0 Å². The number of rotatable bonds is 5. The lowest BCUT2D eigenvalue weighted by molar-refractivity contribution is 0.342. The molecule has 3 nitrogen and oxygen atoms in total. The number of nitrogens with zero attached hydrogens (tertiary/aromatic N) is 1. The van der Waals surface area contributed by atoms with E-state index in [0.717, 1.165) is 10.5 Å². The molecule has 0 fully saturated rings. The number of hydrogen-bond acceptors (Lipinski definition) is 3. The number of ether oxygens (including phenoxy) is 1. The second-order valence-electron chi connectivity index (χ2n) is 4.30. The summed E-state index contributed by atoms with van der Waals surface area (Å²) >= 11 is 0. The molecule has 0 saturated carbocycles. The number of benzene rings is 2. The number of hydrogen-bond donors (Lipinski definition) is 0. The average Bonchev–Trinajstić information content (AvgIpc) is 2.48. The first kappa shape index (κ1) is 14.3. The van der Waals surface area contributed by atoms with E-state index >= 15 is 0 Å². The Bertz CT molecular complexity index is 662. The molecule has 0 amide bonds. The molecule has 0 spiro atoms. The molecule has 1 atom stereocenters. The van der Waals surface area contributed by atoms with Crippen LogP contribution in [0.25, 0.3) is 0 Å². The Labute approximate surface area is 121 Å². The minimum Gasteiger partial charge on any atom is -0.493 e. The van der Waals surface area contributed by atoms with Gasteiger partial charge in [0.05, 0.1) is 28.2 Å². The fourth-order valence-electron chi connectivity index (χ4n) is 1.81. The fraction of sp³-hybridized carbons (Fsp3) is 0.188. The van der Waals surface area contributed by atoms with Gasteiger partial charge < -0.3 is 4.74 Å². The lowest BCUT2D eigenvalue weighted by Crippen LogP contribution is -2.09. The van der Waals surface area contributed by atoms with Crippen LogP contribution in [0.2, 0.25) is 0 Å². The maximum Gasteiger partial charge on any atom is 0.120 e. The van der Waals surface area contributed by atoms with Gasteiger partial charge in [0.15, 0.2) is 0 Å². The van der Waals surface area contributed by atoms with Gasteiger partial charge >= 0.3 is 0 Å². The van der Waals surface area contributed by atoms with Gasteiger partial charge in [0.1, 0.15) is 12.4 Å². The van der Waals surface area contributed by atoms with Crippen LogP contribution in [0.5, 0.6) is 5.75 Å². The van der Waals surface area contributed by atoms with Crippen molar-refractivity contribution in [3.63, 3.8) is 0 Å². The highest BCUT2D eigenvalue weighted by Crippen LogP contribution is 2.14. The van der Waals surface area contributed by atoms with Gasteiger partial charge in [-0.25, -0.2) is 0 Å². The molecule has 102 valence electrons. The van der Waals surface area contributed by atoms with E-state index in [-0.39, 0.29) is 0 Å². The third kappa shape index (κ3) is 3.69. The van der Waals surface area contributed by atoms with Crippen molar-refractivity contribution in [3.8, 4) is 11.8 Å². The Balaban J connectivity index is 1.92. The molecule has 0 heterocycles. The minimum atomic E-state index is -1.07. The predicted molar refractivity (Wildman–Crippen MR) is 79.1 cm³/mol. The second kappa shape index (κ2) is 6.88. The summed E-state index contributed by atoms with van der Waals surface area (Å²) < 4.78 is 17.7. The largest absolute Gasteiger partial charge is 0.493 e. The molecular weight excluding hydrogens is 270 g/mol. The fourth-order valence-corrected chi connectivity index (χ4v) is 2.92. The van der Waals surface area contributed by atoms with Crippen LogP contribution in [0, 0.1) is 18.3 Å². The molecule has 0 N–H and O–H groups in total. The van der Waals surface area contributed by atoms with Gasteiger partial charge in [0, 0.05) is 4.90 Å². The Kier molecular flexibility index (Phi) is 4.91. The topological polar surface area (TPSA) is 50.1 Å². The van der Waals surface area contributed by atoms with E-state index in [1.165, 1.54) is 0 Å². The Morgan fingerprint density at radius 2 is 2.00 bits per heavy atom. The zero-order valence-electron chi connectivity index (χ0n) is 11.2. The van der Waals surface area contributed by atoms with Crippen molar-refractivity contribution < 1.29 is 8.95 Å². The summed E-state index contributed by atoms with van der Waals surface area (Å²) in [7, 11) is -1.07. The van der Waals surface area contributed by atoms with Gasteiger partial charge in [-0.15, -0.1) is 0 Å². The highest BCUT2D eigenvalue weighted by atomic mass is 32.2. The first-order valence-corrected chi connectivity index (χ1v) is 7.59. The molecule has 1 unspecified atom stereocenters. The molecule has 20 heavy (non-hydrogen) atoms. The molecule has 0 saturated heterocycles. The van der Waals surface area contributed by atoms with Crippen molar-refractivity contribution >= 4 is 10.8 Å². The molecular formula is C16H15NO2S. The lowest BCUT2D eigenvalue weighted by Gasteiger charge is -2.08. The average molecular weight is 285 g/mol. The van der Waals surface area contributed by atoms with Gasteiger partial charge in [0.25, 0.3) is 0 Å². The predicted octanol–water partition coefficient (Wildman–Crippen LogP) is 3.05. The van der Waals surface area contributed by atoms with Crippen molar-refractivity contribution in [1.29, 1.82) is 5.26 Å². The summed E-state index contributed by atoms with van der Waals surface area (Å²) in [6, 6.07) is 16.7. The molecule has 0 aliphatic rings. The molecule has 0 aliphatic heterocycles. The molecule has 2 aromatic carbocycles. The standard InChI is InChI=1S/C16H15NO2S/c1-13-5-2-3-8-16(13)20(18)10-9-19-15-7-4-6-14(11-15)12-17/h2-8,11H,9-10H2,1H3. The Morgan fingerprint density at radius 1 is 1.20 bits per heavy atom. The lowest BCUT2D eigenvalue weighted by atomic mass is 10.2. The normalized spacial score (nSPS) is 11.6. The van der Waals surface area contributed by atoms with Gasteiger partial charge in [-0.2, -0.15) is 5.26 Å². The maximum atomic E-state index is 12.2. The van der Waals surface area contributed by atoms with Crippen LogP contribution < -0.4 is 4.74 Å². The third-order valence-electron chi connectivity index (χ3n) is 2.84. The summed E-state index contributed by atoms with van der Waals surface area (Å²) in [4.78, 5) is 0.849. The quantitative estimate of drug-likeness (QED) is 0.848. The van der Waals surface area contributed by atoms with Crippen LogP contribution in [0.3, 0.4) is 0 Å². The monoisotopic (exact) mass is 285 g/mol. The van der Waals surface area contributed by atoms with Gasteiger partial charge in [0.2, 0.25) is 0 Å². The van der Waals surface area contributed by atoms with E-state index in [1.807, 2.05) is 31.2 Å². The molecule has 0 aromatic heterocycles. The Hall–Kier alpha value is -2.12.